The molecular weight excluding hydrogens is 268 g/mol. The van der Waals surface area contributed by atoms with Crippen LogP contribution in [0.4, 0.5) is 11.6 Å². The highest BCUT2D eigenvalue weighted by molar-refractivity contribution is 5.87. The van der Waals surface area contributed by atoms with Crippen molar-refractivity contribution >= 4 is 17.5 Å². The fraction of sp³-hybridized carbons (Fsp3) is 0.429. The van der Waals surface area contributed by atoms with Crippen LogP contribution in [-0.2, 0) is 4.79 Å². The number of aromatic nitrogens is 4. The highest BCUT2D eigenvalue weighted by atomic mass is 16.1. The summed E-state index contributed by atoms with van der Waals surface area (Å²) in [6, 6.07) is 4.11. The Hall–Kier alpha value is -2.44. The van der Waals surface area contributed by atoms with Crippen LogP contribution in [0.3, 0.4) is 0 Å². The van der Waals surface area contributed by atoms with Crippen LogP contribution in [0.5, 0.6) is 0 Å². The molecule has 2 aromatic rings. The van der Waals surface area contributed by atoms with E-state index >= 15 is 0 Å². The zero-order valence-electron chi connectivity index (χ0n) is 12.2. The highest BCUT2D eigenvalue weighted by Crippen LogP contribution is 2.25. The van der Waals surface area contributed by atoms with Gasteiger partial charge in [0.25, 0.3) is 0 Å². The van der Waals surface area contributed by atoms with E-state index in [1.807, 2.05) is 29.9 Å². The number of anilines is 2. The van der Waals surface area contributed by atoms with E-state index in [1.54, 1.807) is 6.33 Å². The zero-order chi connectivity index (χ0) is 14.8. The van der Waals surface area contributed by atoms with Crippen molar-refractivity contribution in [1.29, 1.82) is 0 Å². The summed E-state index contributed by atoms with van der Waals surface area (Å²) < 4.78 is 1.92. The maximum Gasteiger partial charge on any atom is 0.222 e. The smallest absolute Gasteiger partial charge is 0.222 e. The van der Waals surface area contributed by atoms with Gasteiger partial charge in [-0.2, -0.15) is 5.10 Å². The molecule has 110 valence electrons. The molecule has 0 radical (unpaired) electrons. The summed E-state index contributed by atoms with van der Waals surface area (Å²) in [4.78, 5) is 21.7. The number of aryl methyl sites for hydroxylation is 1. The number of amides is 1. The van der Waals surface area contributed by atoms with Crippen LogP contribution in [0.15, 0.2) is 24.7 Å². The Balaban J connectivity index is 1.69. The van der Waals surface area contributed by atoms with Crippen LogP contribution in [0.2, 0.25) is 0 Å². The predicted octanol–water partition coefficient (Wildman–Crippen LogP) is 1.39. The Morgan fingerprint density at radius 3 is 3.05 bits per heavy atom. The quantitative estimate of drug-likeness (QED) is 0.922. The van der Waals surface area contributed by atoms with Gasteiger partial charge in [-0.3, -0.25) is 9.48 Å². The highest BCUT2D eigenvalue weighted by Gasteiger charge is 2.25. The van der Waals surface area contributed by atoms with E-state index in [1.165, 1.54) is 6.92 Å². The van der Waals surface area contributed by atoms with Crippen LogP contribution in [-0.4, -0.2) is 38.7 Å². The summed E-state index contributed by atoms with van der Waals surface area (Å²) >= 11 is 0. The van der Waals surface area contributed by atoms with E-state index in [2.05, 4.69) is 25.3 Å². The minimum Gasteiger partial charge on any atom is -0.354 e. The normalized spacial score (nSPS) is 18.0. The Morgan fingerprint density at radius 1 is 1.43 bits per heavy atom. The van der Waals surface area contributed by atoms with Gasteiger partial charge in [0, 0.05) is 44.0 Å². The molecule has 3 rings (SSSR count). The fourth-order valence-corrected chi connectivity index (χ4v) is 2.57. The monoisotopic (exact) mass is 286 g/mol. The first-order valence-electron chi connectivity index (χ1n) is 6.98. The fourth-order valence-electron chi connectivity index (χ4n) is 2.57. The van der Waals surface area contributed by atoms with Gasteiger partial charge >= 0.3 is 0 Å². The Bertz CT molecular complexity index is 652. The van der Waals surface area contributed by atoms with E-state index in [0.29, 0.717) is 11.9 Å². The summed E-state index contributed by atoms with van der Waals surface area (Å²) in [5, 5.41) is 7.10. The van der Waals surface area contributed by atoms with E-state index in [9.17, 15) is 4.79 Å². The molecule has 1 aliphatic heterocycles. The van der Waals surface area contributed by atoms with Crippen molar-refractivity contribution in [2.24, 2.45) is 0 Å². The molecule has 7 heteroatoms. The standard InChI is InChI=1S/C14H18N6O/c1-10-7-14(16-9-15-10)19-5-3-12(8-19)20-6-4-13(18-20)17-11(2)21/h4,6-7,9,12H,3,5,8H2,1-2H3,(H,17,18,21)/t12-/m1/s1. The van der Waals surface area contributed by atoms with Gasteiger partial charge < -0.3 is 10.2 Å². The van der Waals surface area contributed by atoms with Crippen LogP contribution < -0.4 is 10.2 Å². The minimum atomic E-state index is -0.107. The first-order chi connectivity index (χ1) is 10.1. The lowest BCUT2D eigenvalue weighted by Crippen LogP contribution is -2.22. The van der Waals surface area contributed by atoms with Crippen LogP contribution in [0.25, 0.3) is 0 Å². The van der Waals surface area contributed by atoms with Gasteiger partial charge in [-0.15, -0.1) is 0 Å². The Labute approximate surface area is 123 Å². The molecule has 21 heavy (non-hydrogen) atoms. The molecule has 2 aromatic heterocycles. The third-order valence-corrected chi connectivity index (χ3v) is 3.56. The van der Waals surface area contributed by atoms with Crippen molar-refractivity contribution < 1.29 is 4.79 Å². The zero-order valence-corrected chi connectivity index (χ0v) is 12.2. The summed E-state index contributed by atoms with van der Waals surface area (Å²) in [7, 11) is 0. The van der Waals surface area contributed by atoms with Crippen molar-refractivity contribution in [1.82, 2.24) is 19.7 Å². The molecule has 3 heterocycles. The van der Waals surface area contributed by atoms with Crippen LogP contribution >= 0.6 is 0 Å². The molecule has 1 N–H and O–H groups in total. The number of rotatable bonds is 3. The van der Waals surface area contributed by atoms with Crippen molar-refractivity contribution in [2.45, 2.75) is 26.3 Å². The lowest BCUT2D eigenvalue weighted by Gasteiger charge is -2.17. The lowest BCUT2D eigenvalue weighted by atomic mass is 10.3. The molecule has 0 aromatic carbocycles. The lowest BCUT2D eigenvalue weighted by molar-refractivity contribution is -0.114. The Kier molecular flexibility index (Phi) is 3.55. The SMILES string of the molecule is CC(=O)Nc1ccn([C@@H]2CCN(c3cc(C)ncn3)C2)n1. The first kappa shape index (κ1) is 13.5. The number of nitrogens with zero attached hydrogens (tertiary/aromatic N) is 5. The second-order valence-electron chi connectivity index (χ2n) is 5.27. The molecule has 1 saturated heterocycles. The molecule has 0 bridgehead atoms. The van der Waals surface area contributed by atoms with E-state index in [-0.39, 0.29) is 5.91 Å². The summed E-state index contributed by atoms with van der Waals surface area (Å²) in [5.41, 5.74) is 0.968. The molecule has 0 spiro atoms. The number of carbonyl (C=O) groups is 1. The maximum atomic E-state index is 11.0. The second-order valence-corrected chi connectivity index (χ2v) is 5.27. The second kappa shape index (κ2) is 5.51. The van der Waals surface area contributed by atoms with Crippen molar-refractivity contribution in [3.05, 3.63) is 30.4 Å². The third kappa shape index (κ3) is 3.01. The van der Waals surface area contributed by atoms with E-state index in [0.717, 1.165) is 31.0 Å². The average molecular weight is 286 g/mol. The first-order valence-corrected chi connectivity index (χ1v) is 6.98. The molecule has 7 nitrogen and oxygen atoms in total. The predicted molar refractivity (Wildman–Crippen MR) is 79.2 cm³/mol. The molecular formula is C14H18N6O. The van der Waals surface area contributed by atoms with Gasteiger partial charge in [0.05, 0.1) is 6.04 Å². The molecule has 1 fully saturated rings. The summed E-state index contributed by atoms with van der Waals surface area (Å²) in [6.07, 6.45) is 4.51. The number of hydrogen-bond donors (Lipinski definition) is 1. The number of hydrogen-bond acceptors (Lipinski definition) is 5. The number of carbonyl (C=O) groups excluding carboxylic acids is 1. The molecule has 0 aliphatic carbocycles. The third-order valence-electron chi connectivity index (χ3n) is 3.56. The molecule has 1 amide bonds. The minimum absolute atomic E-state index is 0.107. The number of nitrogens with one attached hydrogen (secondary N) is 1. The van der Waals surface area contributed by atoms with Gasteiger partial charge in [0.2, 0.25) is 5.91 Å². The molecule has 0 saturated carbocycles. The van der Waals surface area contributed by atoms with Gasteiger partial charge in [-0.05, 0) is 13.3 Å². The van der Waals surface area contributed by atoms with Crippen molar-refractivity contribution in [2.75, 3.05) is 23.3 Å². The van der Waals surface area contributed by atoms with Gasteiger partial charge in [0.1, 0.15) is 12.1 Å². The van der Waals surface area contributed by atoms with Crippen molar-refractivity contribution in [3.63, 3.8) is 0 Å². The average Bonchev–Trinajstić information content (AvgIpc) is 3.06. The van der Waals surface area contributed by atoms with Crippen LogP contribution in [0.1, 0.15) is 25.1 Å². The Morgan fingerprint density at radius 2 is 2.29 bits per heavy atom. The molecule has 1 aliphatic rings. The maximum absolute atomic E-state index is 11.0. The largest absolute Gasteiger partial charge is 0.354 e. The van der Waals surface area contributed by atoms with Gasteiger partial charge in [0.15, 0.2) is 5.82 Å². The topological polar surface area (TPSA) is 75.9 Å². The van der Waals surface area contributed by atoms with Crippen molar-refractivity contribution in [3.8, 4) is 0 Å². The molecule has 1 atom stereocenters. The summed E-state index contributed by atoms with van der Waals surface area (Å²) in [6.45, 7) is 5.24. The van der Waals surface area contributed by atoms with E-state index in [4.69, 9.17) is 0 Å². The van der Waals surface area contributed by atoms with Gasteiger partial charge in [-0.25, -0.2) is 9.97 Å². The summed E-state index contributed by atoms with van der Waals surface area (Å²) in [5.74, 6) is 1.45. The van der Waals surface area contributed by atoms with Crippen LogP contribution in [0, 0.1) is 6.92 Å². The van der Waals surface area contributed by atoms with Gasteiger partial charge in [-0.1, -0.05) is 0 Å². The van der Waals surface area contributed by atoms with E-state index < -0.39 is 0 Å². The molecule has 0 unspecified atom stereocenters.